The zero-order valence-corrected chi connectivity index (χ0v) is 29.0. The summed E-state index contributed by atoms with van der Waals surface area (Å²) >= 11 is 0. The van der Waals surface area contributed by atoms with Gasteiger partial charge in [0.2, 0.25) is 0 Å². The van der Waals surface area contributed by atoms with E-state index in [9.17, 15) is 38.4 Å². The summed E-state index contributed by atoms with van der Waals surface area (Å²) < 4.78 is 37.0. The number of carbonyl (C=O) groups excluding carboxylic acids is 4. The molecule has 23 nitrogen and oxygen atoms in total. The van der Waals surface area contributed by atoms with Gasteiger partial charge in [-0.2, -0.15) is 9.78 Å². The van der Waals surface area contributed by atoms with E-state index in [0.29, 0.717) is 0 Å². The lowest BCUT2D eigenvalue weighted by atomic mass is 10.2. The maximum absolute atomic E-state index is 11.7. The molecule has 0 fully saturated rings. The number of esters is 2. The standard InChI is InChI=1S/C30H44O23/c1-18(27(37)38)29(41)52-49-16-21(17-50-53-30(42)19(2)28(39)40)46-13-12-45-20(3)51-22(14-43-8-10-47-25(35)6-4-23(31)32)15-44-9-11-48-26(36)7-5-24(33)34/h18-19,21-22H,3-17H2,1-2H3,(H,31,32)(H,33,34)(H,37,38)(H,39,40). The second-order valence-corrected chi connectivity index (χ2v) is 10.3. The first-order valence-corrected chi connectivity index (χ1v) is 15.7. The van der Waals surface area contributed by atoms with Gasteiger partial charge in [0.25, 0.3) is 5.95 Å². The quantitative estimate of drug-likeness (QED) is 0.0163. The van der Waals surface area contributed by atoms with E-state index in [1.807, 2.05) is 0 Å². The summed E-state index contributed by atoms with van der Waals surface area (Å²) in [7, 11) is 0. The van der Waals surface area contributed by atoms with Crippen molar-refractivity contribution in [3.05, 3.63) is 12.5 Å². The molecule has 0 saturated heterocycles. The van der Waals surface area contributed by atoms with Crippen molar-refractivity contribution in [1.29, 1.82) is 0 Å². The van der Waals surface area contributed by atoms with Gasteiger partial charge in [-0.15, -0.1) is 0 Å². The molecule has 0 aromatic carbocycles. The van der Waals surface area contributed by atoms with Gasteiger partial charge in [0, 0.05) is 0 Å². The number of carboxylic acid groups (broad SMARTS) is 4. The van der Waals surface area contributed by atoms with Crippen LogP contribution in [0.2, 0.25) is 0 Å². The molecule has 0 saturated carbocycles. The molecule has 2 atom stereocenters. The van der Waals surface area contributed by atoms with Crippen molar-refractivity contribution in [1.82, 2.24) is 0 Å². The van der Waals surface area contributed by atoms with Crippen LogP contribution in [0.4, 0.5) is 0 Å². The first-order chi connectivity index (χ1) is 25.0. The van der Waals surface area contributed by atoms with Crippen LogP contribution in [0.1, 0.15) is 39.5 Å². The SMILES string of the molecule is C=C(OCCOC(COOC(=O)C(C)C(=O)O)COOC(=O)C(C)C(=O)O)OC(COCCOC(=O)CCC(=O)O)COCCOC(=O)CCC(=O)O. The molecule has 23 heteroatoms. The smallest absolute Gasteiger partial charge is 0.356 e. The van der Waals surface area contributed by atoms with Gasteiger partial charge in [-0.25, -0.2) is 9.59 Å². The van der Waals surface area contributed by atoms with Crippen molar-refractivity contribution in [3.8, 4) is 0 Å². The van der Waals surface area contributed by atoms with E-state index in [0.717, 1.165) is 13.8 Å². The molecule has 2 unspecified atom stereocenters. The summed E-state index contributed by atoms with van der Waals surface area (Å²) in [6.07, 6.45) is -3.49. The summed E-state index contributed by atoms with van der Waals surface area (Å²) in [6.45, 7) is 3.14. The highest BCUT2D eigenvalue weighted by molar-refractivity contribution is 5.93. The third kappa shape index (κ3) is 26.4. The maximum Gasteiger partial charge on any atom is 0.356 e. The molecule has 0 radical (unpaired) electrons. The largest absolute Gasteiger partial charge is 0.481 e. The molecule has 0 amide bonds. The van der Waals surface area contributed by atoms with Crippen molar-refractivity contribution < 1.29 is 111 Å². The van der Waals surface area contributed by atoms with Crippen LogP contribution in [0.3, 0.4) is 0 Å². The van der Waals surface area contributed by atoms with Gasteiger partial charge in [0.1, 0.15) is 45.2 Å². The van der Waals surface area contributed by atoms with Crippen LogP contribution >= 0.6 is 0 Å². The number of rotatable bonds is 33. The number of carbonyl (C=O) groups is 8. The second kappa shape index (κ2) is 28.5. The number of carboxylic acids is 4. The molecule has 53 heavy (non-hydrogen) atoms. The van der Waals surface area contributed by atoms with E-state index in [1.165, 1.54) is 0 Å². The Balaban J connectivity index is 5.00. The van der Waals surface area contributed by atoms with Gasteiger partial charge in [-0.05, 0) is 20.4 Å². The fraction of sp³-hybridized carbons (Fsp3) is 0.667. The van der Waals surface area contributed by atoms with Crippen molar-refractivity contribution in [3.63, 3.8) is 0 Å². The van der Waals surface area contributed by atoms with E-state index in [1.54, 1.807) is 0 Å². The third-order valence-electron chi connectivity index (χ3n) is 5.91. The van der Waals surface area contributed by atoms with E-state index in [-0.39, 0.29) is 71.6 Å². The Bertz CT molecular complexity index is 1120. The fourth-order valence-electron chi connectivity index (χ4n) is 2.95. The van der Waals surface area contributed by atoms with Crippen molar-refractivity contribution in [2.75, 3.05) is 66.1 Å². The molecule has 0 rings (SSSR count). The summed E-state index contributed by atoms with van der Waals surface area (Å²) in [5.74, 6) is -12.6. The predicted octanol–water partition coefficient (Wildman–Crippen LogP) is -0.515. The third-order valence-corrected chi connectivity index (χ3v) is 5.91. The van der Waals surface area contributed by atoms with Crippen LogP contribution in [0, 0.1) is 11.8 Å². The Hall–Kier alpha value is -5.10. The van der Waals surface area contributed by atoms with Gasteiger partial charge >= 0.3 is 47.8 Å². The van der Waals surface area contributed by atoms with Gasteiger partial charge in [0.15, 0.2) is 11.8 Å². The molecule has 0 aliphatic carbocycles. The number of aliphatic carboxylic acids is 4. The Labute approximate surface area is 301 Å². The highest BCUT2D eigenvalue weighted by atomic mass is 17.2. The Morgan fingerprint density at radius 3 is 1.34 bits per heavy atom. The first-order valence-electron chi connectivity index (χ1n) is 15.7. The fourth-order valence-corrected chi connectivity index (χ4v) is 2.95. The number of hydrogen-bond acceptors (Lipinski definition) is 19. The van der Waals surface area contributed by atoms with Crippen LogP contribution < -0.4 is 0 Å². The maximum atomic E-state index is 11.7. The molecule has 0 spiro atoms. The highest BCUT2D eigenvalue weighted by Crippen LogP contribution is 2.08. The zero-order valence-electron chi connectivity index (χ0n) is 29.0. The molecule has 4 N–H and O–H groups in total. The molecule has 0 aromatic heterocycles. The molecular formula is C30H44O23. The lowest BCUT2D eigenvalue weighted by molar-refractivity contribution is -0.311. The monoisotopic (exact) mass is 772 g/mol. The summed E-state index contributed by atoms with van der Waals surface area (Å²) in [5, 5.41) is 35.0. The lowest BCUT2D eigenvalue weighted by Gasteiger charge is -2.21. The Morgan fingerprint density at radius 1 is 0.528 bits per heavy atom. The van der Waals surface area contributed by atoms with Gasteiger partial charge in [-0.3, -0.25) is 38.5 Å². The molecule has 0 bridgehead atoms. The van der Waals surface area contributed by atoms with Crippen molar-refractivity contribution >= 4 is 47.8 Å². The highest BCUT2D eigenvalue weighted by Gasteiger charge is 2.26. The van der Waals surface area contributed by atoms with E-state index < -0.39 is 97.9 Å². The molecule has 0 aromatic rings. The van der Waals surface area contributed by atoms with E-state index in [4.69, 9.17) is 63.4 Å². The molecule has 0 heterocycles. The summed E-state index contributed by atoms with van der Waals surface area (Å²) in [4.78, 5) is 108. The zero-order chi connectivity index (χ0) is 40.2. The molecule has 0 aliphatic rings. The Kier molecular flexibility index (Phi) is 25.7. The van der Waals surface area contributed by atoms with Crippen LogP contribution in [-0.4, -0.2) is 146 Å². The van der Waals surface area contributed by atoms with E-state index in [2.05, 4.69) is 16.4 Å². The minimum Gasteiger partial charge on any atom is -0.481 e. The van der Waals surface area contributed by atoms with Crippen LogP contribution in [0.15, 0.2) is 12.5 Å². The molecule has 302 valence electrons. The number of hydrogen-bond donors (Lipinski definition) is 4. The van der Waals surface area contributed by atoms with Crippen LogP contribution in [0.5, 0.6) is 0 Å². The van der Waals surface area contributed by atoms with Crippen molar-refractivity contribution in [2.24, 2.45) is 11.8 Å². The molecular weight excluding hydrogens is 728 g/mol. The van der Waals surface area contributed by atoms with Gasteiger partial charge in [0.05, 0.1) is 58.7 Å². The summed E-state index contributed by atoms with van der Waals surface area (Å²) in [5.41, 5.74) is 0. The Morgan fingerprint density at radius 2 is 0.943 bits per heavy atom. The lowest BCUT2D eigenvalue weighted by Crippen LogP contribution is -2.31. The molecule has 0 aliphatic heterocycles. The van der Waals surface area contributed by atoms with Gasteiger partial charge in [-0.1, -0.05) is 0 Å². The average molecular weight is 773 g/mol. The second-order valence-electron chi connectivity index (χ2n) is 10.3. The minimum absolute atomic E-state index is 0.109. The minimum atomic E-state index is -1.55. The van der Waals surface area contributed by atoms with Crippen LogP contribution in [-0.2, 0) is 91.1 Å². The van der Waals surface area contributed by atoms with E-state index >= 15 is 0 Å². The number of ether oxygens (including phenoxy) is 7. The summed E-state index contributed by atoms with van der Waals surface area (Å²) in [6, 6.07) is 0. The average Bonchev–Trinajstić information content (AvgIpc) is 3.09. The topological polar surface area (TPSA) is 319 Å². The normalized spacial score (nSPS) is 12.4. The predicted molar refractivity (Wildman–Crippen MR) is 165 cm³/mol. The van der Waals surface area contributed by atoms with Crippen molar-refractivity contribution in [2.45, 2.75) is 51.7 Å². The van der Waals surface area contributed by atoms with Gasteiger partial charge < -0.3 is 53.6 Å². The first kappa shape index (κ1) is 47.9. The van der Waals surface area contributed by atoms with Crippen LogP contribution in [0.25, 0.3) is 0 Å².